The number of hydrogen-bond acceptors (Lipinski definition) is 3. The topological polar surface area (TPSA) is 26.3 Å². The van der Waals surface area contributed by atoms with Crippen molar-refractivity contribution in [1.29, 1.82) is 0 Å². The molecule has 2 nitrogen and oxygen atoms in total. The van der Waals surface area contributed by atoms with Crippen LogP contribution in [-0.2, 0) is 6.42 Å². The molecule has 0 saturated carbocycles. The summed E-state index contributed by atoms with van der Waals surface area (Å²) in [6.45, 7) is 2.02. The zero-order chi connectivity index (χ0) is 13.1. The summed E-state index contributed by atoms with van der Waals surface area (Å²) in [5.74, 6) is -0.805. The van der Waals surface area contributed by atoms with Gasteiger partial charge in [0.25, 0.3) is 0 Å². The lowest BCUT2D eigenvalue weighted by Crippen LogP contribution is -2.03. The number of ketones is 1. The van der Waals surface area contributed by atoms with E-state index in [0.29, 0.717) is 4.88 Å². The highest BCUT2D eigenvalue weighted by Crippen LogP contribution is 2.25. The van der Waals surface area contributed by atoms with Crippen LogP contribution in [0.25, 0.3) is 0 Å². The Morgan fingerprint density at radius 1 is 1.33 bits per heavy atom. The average Bonchev–Trinajstić information content (AvgIpc) is 2.87. The molecule has 4 heteroatoms. The first-order valence-corrected chi connectivity index (χ1v) is 6.45. The van der Waals surface area contributed by atoms with Crippen LogP contribution < -0.4 is 4.74 Å². The minimum atomic E-state index is -0.601. The van der Waals surface area contributed by atoms with Crippen LogP contribution in [0.2, 0.25) is 0 Å². The van der Waals surface area contributed by atoms with Gasteiger partial charge < -0.3 is 4.74 Å². The van der Waals surface area contributed by atoms with Gasteiger partial charge >= 0.3 is 0 Å². The van der Waals surface area contributed by atoms with Crippen molar-refractivity contribution in [2.45, 2.75) is 13.3 Å². The van der Waals surface area contributed by atoms with Crippen molar-refractivity contribution in [3.63, 3.8) is 0 Å². The molecule has 0 unspecified atom stereocenters. The normalized spacial score (nSPS) is 10.4. The second-order valence-electron chi connectivity index (χ2n) is 3.77. The van der Waals surface area contributed by atoms with E-state index in [1.807, 2.05) is 13.0 Å². The molecule has 0 aliphatic rings. The standard InChI is InChI=1S/C14H13FO2S/c1-3-9-7-8-12(18-9)14(16)10-5-4-6-11(17-2)13(10)15/h4-8H,3H2,1-2H3. The Labute approximate surface area is 109 Å². The van der Waals surface area contributed by atoms with Gasteiger partial charge in [-0.1, -0.05) is 13.0 Å². The second kappa shape index (κ2) is 5.31. The number of rotatable bonds is 4. The average molecular weight is 264 g/mol. The molecule has 0 atom stereocenters. The van der Waals surface area contributed by atoms with Gasteiger partial charge in [0.05, 0.1) is 17.6 Å². The molecule has 2 rings (SSSR count). The number of methoxy groups -OCH3 is 1. The maximum atomic E-state index is 14.0. The molecule has 1 aromatic heterocycles. The van der Waals surface area contributed by atoms with Gasteiger partial charge in [0.15, 0.2) is 11.6 Å². The molecular weight excluding hydrogens is 251 g/mol. The fourth-order valence-corrected chi connectivity index (χ4v) is 2.57. The summed E-state index contributed by atoms with van der Waals surface area (Å²) in [5.41, 5.74) is 0.0545. The molecule has 0 saturated heterocycles. The molecule has 94 valence electrons. The molecule has 0 aliphatic heterocycles. The molecule has 0 fully saturated rings. The quantitative estimate of drug-likeness (QED) is 0.787. The summed E-state index contributed by atoms with van der Waals surface area (Å²) < 4.78 is 18.8. The highest BCUT2D eigenvalue weighted by atomic mass is 32.1. The summed E-state index contributed by atoms with van der Waals surface area (Å²) in [6.07, 6.45) is 0.874. The van der Waals surface area contributed by atoms with Gasteiger partial charge in [-0.3, -0.25) is 4.79 Å². The van der Waals surface area contributed by atoms with Crippen LogP contribution in [0.3, 0.4) is 0 Å². The van der Waals surface area contributed by atoms with Crippen molar-refractivity contribution in [2.24, 2.45) is 0 Å². The van der Waals surface area contributed by atoms with Crippen molar-refractivity contribution in [3.8, 4) is 5.75 Å². The number of carbonyl (C=O) groups is 1. The molecule has 1 aromatic carbocycles. The van der Waals surface area contributed by atoms with E-state index in [0.717, 1.165) is 11.3 Å². The van der Waals surface area contributed by atoms with Crippen molar-refractivity contribution in [1.82, 2.24) is 0 Å². The van der Waals surface area contributed by atoms with E-state index in [1.165, 1.54) is 30.6 Å². The Balaban J connectivity index is 2.39. The van der Waals surface area contributed by atoms with Gasteiger partial charge in [-0.2, -0.15) is 0 Å². The number of carbonyl (C=O) groups excluding carboxylic acids is 1. The van der Waals surface area contributed by atoms with E-state index in [-0.39, 0.29) is 17.1 Å². The molecule has 0 bridgehead atoms. The van der Waals surface area contributed by atoms with Gasteiger partial charge in [0.2, 0.25) is 5.78 Å². The maximum Gasteiger partial charge on any atom is 0.206 e. The van der Waals surface area contributed by atoms with Crippen LogP contribution in [0.4, 0.5) is 4.39 Å². The fourth-order valence-electron chi connectivity index (χ4n) is 1.67. The minimum absolute atomic E-state index is 0.0545. The summed E-state index contributed by atoms with van der Waals surface area (Å²) in [7, 11) is 1.38. The lowest BCUT2D eigenvalue weighted by molar-refractivity contribution is 0.103. The van der Waals surface area contributed by atoms with Crippen LogP contribution in [0.5, 0.6) is 5.75 Å². The second-order valence-corrected chi connectivity index (χ2v) is 4.94. The van der Waals surface area contributed by atoms with Crippen LogP contribution >= 0.6 is 11.3 Å². The van der Waals surface area contributed by atoms with Crippen molar-refractivity contribution >= 4 is 17.1 Å². The van der Waals surface area contributed by atoms with E-state index in [1.54, 1.807) is 12.1 Å². The first-order valence-electron chi connectivity index (χ1n) is 5.63. The predicted molar refractivity (Wildman–Crippen MR) is 70.1 cm³/mol. The van der Waals surface area contributed by atoms with E-state index in [9.17, 15) is 9.18 Å². The number of hydrogen-bond donors (Lipinski definition) is 0. The largest absolute Gasteiger partial charge is 0.494 e. The Morgan fingerprint density at radius 2 is 2.11 bits per heavy atom. The number of ether oxygens (including phenoxy) is 1. The van der Waals surface area contributed by atoms with E-state index in [2.05, 4.69) is 0 Å². The third kappa shape index (κ3) is 2.29. The monoisotopic (exact) mass is 264 g/mol. The number of aryl methyl sites for hydroxylation is 1. The first kappa shape index (κ1) is 12.8. The Hall–Kier alpha value is -1.68. The fraction of sp³-hybridized carbons (Fsp3) is 0.214. The SMILES string of the molecule is CCc1ccc(C(=O)c2cccc(OC)c2F)s1. The molecule has 0 radical (unpaired) electrons. The molecule has 1 heterocycles. The maximum absolute atomic E-state index is 14.0. The molecule has 0 N–H and O–H groups in total. The van der Waals surface area contributed by atoms with Crippen LogP contribution in [0.1, 0.15) is 27.0 Å². The molecule has 2 aromatic rings. The van der Waals surface area contributed by atoms with Crippen molar-refractivity contribution in [2.75, 3.05) is 7.11 Å². The van der Waals surface area contributed by atoms with Gasteiger partial charge in [0.1, 0.15) is 0 Å². The number of halogens is 1. The van der Waals surface area contributed by atoms with Crippen LogP contribution in [0, 0.1) is 5.82 Å². The lowest BCUT2D eigenvalue weighted by atomic mass is 10.1. The lowest BCUT2D eigenvalue weighted by Gasteiger charge is -2.05. The third-order valence-electron chi connectivity index (χ3n) is 2.66. The number of thiophene rings is 1. The third-order valence-corrected chi connectivity index (χ3v) is 3.89. The zero-order valence-electron chi connectivity index (χ0n) is 10.2. The summed E-state index contributed by atoms with van der Waals surface area (Å²) >= 11 is 1.40. The van der Waals surface area contributed by atoms with Gasteiger partial charge in [-0.25, -0.2) is 4.39 Å². The Bertz CT molecular complexity index is 575. The molecule has 0 spiro atoms. The zero-order valence-corrected chi connectivity index (χ0v) is 11.0. The summed E-state index contributed by atoms with van der Waals surface area (Å²) in [4.78, 5) is 13.8. The van der Waals surface area contributed by atoms with Gasteiger partial charge in [-0.15, -0.1) is 11.3 Å². The summed E-state index contributed by atoms with van der Waals surface area (Å²) in [5, 5.41) is 0. The van der Waals surface area contributed by atoms with Crippen LogP contribution in [0.15, 0.2) is 30.3 Å². The summed E-state index contributed by atoms with van der Waals surface area (Å²) in [6, 6.07) is 8.23. The Kier molecular flexibility index (Phi) is 3.77. The Morgan fingerprint density at radius 3 is 2.72 bits per heavy atom. The minimum Gasteiger partial charge on any atom is -0.494 e. The van der Waals surface area contributed by atoms with Crippen molar-refractivity contribution < 1.29 is 13.9 Å². The van der Waals surface area contributed by atoms with E-state index < -0.39 is 5.82 Å². The van der Waals surface area contributed by atoms with Gasteiger partial charge in [0, 0.05) is 4.88 Å². The first-order chi connectivity index (χ1) is 8.67. The molecular formula is C14H13FO2S. The predicted octanol–water partition coefficient (Wildman–Crippen LogP) is 3.69. The highest BCUT2D eigenvalue weighted by molar-refractivity contribution is 7.14. The smallest absolute Gasteiger partial charge is 0.206 e. The molecule has 0 aliphatic carbocycles. The molecule has 0 amide bonds. The van der Waals surface area contributed by atoms with E-state index in [4.69, 9.17) is 4.74 Å². The van der Waals surface area contributed by atoms with Crippen LogP contribution in [-0.4, -0.2) is 12.9 Å². The van der Waals surface area contributed by atoms with Gasteiger partial charge in [-0.05, 0) is 30.7 Å². The highest BCUT2D eigenvalue weighted by Gasteiger charge is 2.18. The van der Waals surface area contributed by atoms with Crippen molar-refractivity contribution in [3.05, 3.63) is 51.5 Å². The molecule has 18 heavy (non-hydrogen) atoms. The number of benzene rings is 1. The van der Waals surface area contributed by atoms with E-state index >= 15 is 0 Å².